The molecule has 20 heavy (non-hydrogen) atoms. The van der Waals surface area contributed by atoms with E-state index in [2.05, 4.69) is 0 Å². The Hall–Kier alpha value is -0.770. The van der Waals surface area contributed by atoms with E-state index in [9.17, 15) is 4.79 Å². The minimum atomic E-state index is -0.273. The van der Waals surface area contributed by atoms with Crippen LogP contribution < -0.4 is 5.73 Å². The zero-order valence-corrected chi connectivity index (χ0v) is 13.6. The van der Waals surface area contributed by atoms with Crippen molar-refractivity contribution in [1.29, 1.82) is 0 Å². The van der Waals surface area contributed by atoms with E-state index in [-0.39, 0.29) is 17.4 Å². The number of carbonyl (C=O) groups is 1. The van der Waals surface area contributed by atoms with Gasteiger partial charge in [0.15, 0.2) is 0 Å². The van der Waals surface area contributed by atoms with Crippen LogP contribution in [0.25, 0.3) is 0 Å². The molecule has 1 aromatic carbocycles. The second kappa shape index (κ2) is 7.30. The maximum atomic E-state index is 11.6. The van der Waals surface area contributed by atoms with E-state index in [0.717, 1.165) is 5.56 Å². The summed E-state index contributed by atoms with van der Waals surface area (Å²) in [4.78, 5) is 11.6. The van der Waals surface area contributed by atoms with Gasteiger partial charge in [0.2, 0.25) is 0 Å². The molecule has 0 fully saturated rings. The molecule has 0 spiro atoms. The Morgan fingerprint density at radius 2 is 2.05 bits per heavy atom. The zero-order valence-electron chi connectivity index (χ0n) is 12.1. The fourth-order valence-corrected chi connectivity index (χ4v) is 2.62. The molecule has 0 aromatic heterocycles. The molecule has 0 heterocycles. The number of esters is 1. The highest BCUT2D eigenvalue weighted by Crippen LogP contribution is 2.35. The fraction of sp³-hybridized carbons (Fsp3) is 0.533. The summed E-state index contributed by atoms with van der Waals surface area (Å²) < 4.78 is 4.98. The Kier molecular flexibility index (Phi) is 6.31. The molecular formula is C15H21Cl2NO2. The molecule has 0 aliphatic rings. The molecule has 0 bridgehead atoms. The number of ether oxygens (including phenoxy) is 1. The van der Waals surface area contributed by atoms with Crippen molar-refractivity contribution in [3.63, 3.8) is 0 Å². The number of hydrogen-bond donors (Lipinski definition) is 1. The summed E-state index contributed by atoms with van der Waals surface area (Å²) in [5.41, 5.74) is 6.74. The summed E-state index contributed by atoms with van der Waals surface area (Å²) in [6.45, 7) is 6.16. The van der Waals surface area contributed by atoms with Crippen molar-refractivity contribution in [3.8, 4) is 0 Å². The number of carbonyl (C=O) groups excluding carboxylic acids is 1. The molecule has 1 atom stereocenters. The molecule has 0 saturated heterocycles. The predicted molar refractivity (Wildman–Crippen MR) is 83.0 cm³/mol. The minimum Gasteiger partial charge on any atom is -0.466 e. The van der Waals surface area contributed by atoms with Crippen molar-refractivity contribution < 1.29 is 9.53 Å². The van der Waals surface area contributed by atoms with E-state index in [0.29, 0.717) is 29.5 Å². The Labute approximate surface area is 130 Å². The lowest BCUT2D eigenvalue weighted by Gasteiger charge is -2.27. The Balaban J connectivity index is 2.75. The van der Waals surface area contributed by atoms with Gasteiger partial charge in [-0.1, -0.05) is 37.0 Å². The van der Waals surface area contributed by atoms with Gasteiger partial charge in [0.1, 0.15) is 0 Å². The molecule has 112 valence electrons. The third-order valence-electron chi connectivity index (χ3n) is 3.06. The molecule has 0 aliphatic carbocycles. The highest BCUT2D eigenvalue weighted by atomic mass is 35.5. The van der Waals surface area contributed by atoms with Crippen LogP contribution in [0.4, 0.5) is 0 Å². The van der Waals surface area contributed by atoms with Crippen LogP contribution >= 0.6 is 23.2 Å². The number of nitrogens with two attached hydrogens (primary N) is 1. The summed E-state index contributed by atoms with van der Waals surface area (Å²) >= 11 is 12.1. The Bertz CT molecular complexity index is 475. The number of halogens is 2. The molecular weight excluding hydrogens is 297 g/mol. The van der Waals surface area contributed by atoms with E-state index < -0.39 is 0 Å². The fourth-order valence-electron chi connectivity index (χ4n) is 2.18. The first-order chi connectivity index (χ1) is 9.25. The van der Waals surface area contributed by atoms with E-state index in [1.807, 2.05) is 13.8 Å². The van der Waals surface area contributed by atoms with Crippen LogP contribution in [-0.2, 0) is 9.53 Å². The van der Waals surface area contributed by atoms with Crippen LogP contribution in [0, 0.1) is 5.41 Å². The second-order valence-electron chi connectivity index (χ2n) is 5.62. The molecule has 1 aromatic rings. The maximum absolute atomic E-state index is 11.6. The monoisotopic (exact) mass is 317 g/mol. The van der Waals surface area contributed by atoms with Crippen molar-refractivity contribution in [2.45, 2.75) is 39.7 Å². The highest BCUT2D eigenvalue weighted by molar-refractivity contribution is 6.33. The molecule has 0 saturated carbocycles. The van der Waals surface area contributed by atoms with Gasteiger partial charge < -0.3 is 10.5 Å². The van der Waals surface area contributed by atoms with Gasteiger partial charge in [-0.25, -0.2) is 0 Å². The van der Waals surface area contributed by atoms with E-state index in [1.165, 1.54) is 0 Å². The second-order valence-corrected chi connectivity index (χ2v) is 6.47. The number of benzene rings is 1. The molecule has 1 rings (SSSR count). The SMILES string of the molecule is CCOC(=O)CC(C)(C)CC(N)c1cc(Cl)ccc1Cl. The third kappa shape index (κ3) is 5.31. The standard InChI is InChI=1S/C15H21Cl2NO2/c1-4-20-14(19)9-15(2,3)8-13(18)11-7-10(16)5-6-12(11)17/h5-7,13H,4,8-9,18H2,1-3H3. The van der Waals surface area contributed by atoms with Crippen molar-refractivity contribution in [2.24, 2.45) is 11.1 Å². The largest absolute Gasteiger partial charge is 0.466 e. The van der Waals surface area contributed by atoms with Crippen LogP contribution in [-0.4, -0.2) is 12.6 Å². The lowest BCUT2D eigenvalue weighted by Crippen LogP contribution is -2.25. The zero-order chi connectivity index (χ0) is 15.3. The first-order valence-corrected chi connectivity index (χ1v) is 7.37. The van der Waals surface area contributed by atoms with Crippen LogP contribution in [0.1, 0.15) is 45.2 Å². The molecule has 3 nitrogen and oxygen atoms in total. The van der Waals surface area contributed by atoms with Gasteiger partial charge in [0.05, 0.1) is 13.0 Å². The summed E-state index contributed by atoms with van der Waals surface area (Å²) in [5, 5.41) is 1.19. The minimum absolute atomic E-state index is 0.207. The van der Waals surface area contributed by atoms with Crippen LogP contribution in [0.2, 0.25) is 10.0 Å². The third-order valence-corrected chi connectivity index (χ3v) is 3.64. The first kappa shape index (κ1) is 17.3. The quantitative estimate of drug-likeness (QED) is 0.793. The van der Waals surface area contributed by atoms with Crippen LogP contribution in [0.5, 0.6) is 0 Å². The molecule has 0 radical (unpaired) electrons. The molecule has 1 unspecified atom stereocenters. The van der Waals surface area contributed by atoms with Gasteiger partial charge >= 0.3 is 5.97 Å². The smallest absolute Gasteiger partial charge is 0.306 e. The van der Waals surface area contributed by atoms with Gasteiger partial charge in [-0.3, -0.25) is 4.79 Å². The van der Waals surface area contributed by atoms with Crippen molar-refractivity contribution >= 4 is 29.2 Å². The van der Waals surface area contributed by atoms with Crippen LogP contribution in [0.3, 0.4) is 0 Å². The van der Waals surface area contributed by atoms with E-state index in [1.54, 1.807) is 25.1 Å². The number of rotatable bonds is 6. The van der Waals surface area contributed by atoms with Crippen molar-refractivity contribution in [2.75, 3.05) is 6.61 Å². The Morgan fingerprint density at radius 3 is 2.65 bits per heavy atom. The van der Waals surface area contributed by atoms with Crippen molar-refractivity contribution in [1.82, 2.24) is 0 Å². The summed E-state index contributed by atoms with van der Waals surface area (Å²) in [7, 11) is 0. The summed E-state index contributed by atoms with van der Waals surface area (Å²) in [6, 6.07) is 4.96. The Morgan fingerprint density at radius 1 is 1.40 bits per heavy atom. The van der Waals surface area contributed by atoms with E-state index >= 15 is 0 Å². The highest BCUT2D eigenvalue weighted by Gasteiger charge is 2.27. The molecule has 5 heteroatoms. The summed E-state index contributed by atoms with van der Waals surface area (Å²) in [5.74, 6) is -0.207. The molecule has 2 N–H and O–H groups in total. The predicted octanol–water partition coefficient (Wildman–Crippen LogP) is 4.36. The van der Waals surface area contributed by atoms with Gasteiger partial charge in [0.25, 0.3) is 0 Å². The van der Waals surface area contributed by atoms with Gasteiger partial charge in [-0.2, -0.15) is 0 Å². The first-order valence-electron chi connectivity index (χ1n) is 6.61. The molecule has 0 aliphatic heterocycles. The van der Waals surface area contributed by atoms with Crippen LogP contribution in [0.15, 0.2) is 18.2 Å². The maximum Gasteiger partial charge on any atom is 0.306 e. The van der Waals surface area contributed by atoms with Gasteiger partial charge in [-0.05, 0) is 42.5 Å². The summed E-state index contributed by atoms with van der Waals surface area (Å²) in [6.07, 6.45) is 0.943. The van der Waals surface area contributed by atoms with Crippen molar-refractivity contribution in [3.05, 3.63) is 33.8 Å². The lowest BCUT2D eigenvalue weighted by molar-refractivity contribution is -0.145. The van der Waals surface area contributed by atoms with Gasteiger partial charge in [-0.15, -0.1) is 0 Å². The average molecular weight is 318 g/mol. The van der Waals surface area contributed by atoms with Gasteiger partial charge in [0, 0.05) is 16.1 Å². The van der Waals surface area contributed by atoms with E-state index in [4.69, 9.17) is 33.7 Å². The normalized spacial score (nSPS) is 13.1. The average Bonchev–Trinajstić information content (AvgIpc) is 2.30. The number of hydrogen-bond acceptors (Lipinski definition) is 3. The lowest BCUT2D eigenvalue weighted by atomic mass is 9.81. The molecule has 0 amide bonds. The topological polar surface area (TPSA) is 52.3 Å².